The maximum atomic E-state index is 10.0. The summed E-state index contributed by atoms with van der Waals surface area (Å²) in [4.78, 5) is 0. The third-order valence-corrected chi connectivity index (χ3v) is 3.50. The average Bonchev–Trinajstić information content (AvgIpc) is 2.55. The minimum absolute atomic E-state index is 0.238. The first kappa shape index (κ1) is 13.2. The maximum absolute atomic E-state index is 10.0. The molecule has 0 spiro atoms. The number of aliphatic hydroxyl groups is 1. The van der Waals surface area contributed by atoms with Crippen LogP contribution in [0.5, 0.6) is 5.75 Å². The molecule has 18 heavy (non-hydrogen) atoms. The van der Waals surface area contributed by atoms with E-state index in [4.69, 9.17) is 21.6 Å². The van der Waals surface area contributed by atoms with Crippen LogP contribution in [-0.2, 0) is 0 Å². The lowest BCUT2D eigenvalue weighted by atomic mass is 10.1. The number of nitrogens with zero attached hydrogens (tertiary/aromatic N) is 1. The van der Waals surface area contributed by atoms with Crippen molar-refractivity contribution in [2.75, 3.05) is 0 Å². The van der Waals surface area contributed by atoms with Crippen molar-refractivity contribution in [1.82, 2.24) is 0 Å². The highest BCUT2D eigenvalue weighted by atomic mass is 35.5. The SMILES string of the molecule is N#Cc1ccc(Cl)cc1OC1CCCCCC1O. The van der Waals surface area contributed by atoms with Crippen LogP contribution in [0.2, 0.25) is 5.02 Å². The molecule has 2 atom stereocenters. The summed E-state index contributed by atoms with van der Waals surface area (Å²) in [6, 6.07) is 7.02. The molecule has 1 saturated carbocycles. The number of aliphatic hydroxyl groups excluding tert-OH is 1. The number of nitriles is 1. The van der Waals surface area contributed by atoms with Gasteiger partial charge in [-0.25, -0.2) is 0 Å². The zero-order valence-electron chi connectivity index (χ0n) is 10.1. The Morgan fingerprint density at radius 2 is 2.06 bits per heavy atom. The summed E-state index contributed by atoms with van der Waals surface area (Å²) >= 11 is 5.91. The molecule has 2 unspecified atom stereocenters. The van der Waals surface area contributed by atoms with E-state index in [0.29, 0.717) is 16.3 Å². The Balaban J connectivity index is 2.17. The van der Waals surface area contributed by atoms with Crippen LogP contribution in [0.25, 0.3) is 0 Å². The van der Waals surface area contributed by atoms with Crippen LogP contribution in [0.4, 0.5) is 0 Å². The number of ether oxygens (including phenoxy) is 1. The smallest absolute Gasteiger partial charge is 0.139 e. The second-order valence-corrected chi connectivity index (χ2v) is 5.05. The summed E-state index contributed by atoms with van der Waals surface area (Å²) in [6.45, 7) is 0. The highest BCUT2D eigenvalue weighted by Crippen LogP contribution is 2.27. The monoisotopic (exact) mass is 265 g/mol. The number of hydrogen-bond acceptors (Lipinski definition) is 3. The Hall–Kier alpha value is -1.24. The largest absolute Gasteiger partial charge is 0.486 e. The molecule has 2 rings (SSSR count). The minimum Gasteiger partial charge on any atom is -0.486 e. The lowest BCUT2D eigenvalue weighted by molar-refractivity contribution is 0.0318. The molecule has 0 heterocycles. The second-order valence-electron chi connectivity index (χ2n) is 4.61. The van der Waals surface area contributed by atoms with E-state index in [2.05, 4.69) is 6.07 Å². The van der Waals surface area contributed by atoms with E-state index in [-0.39, 0.29) is 6.10 Å². The third kappa shape index (κ3) is 3.16. The normalized spacial score (nSPS) is 24.1. The molecule has 0 saturated heterocycles. The highest BCUT2D eigenvalue weighted by molar-refractivity contribution is 6.30. The van der Waals surface area contributed by atoms with Crippen molar-refractivity contribution in [3.63, 3.8) is 0 Å². The Morgan fingerprint density at radius 3 is 2.83 bits per heavy atom. The second kappa shape index (κ2) is 6.08. The summed E-state index contributed by atoms with van der Waals surface area (Å²) in [5.74, 6) is 0.468. The molecule has 1 aliphatic carbocycles. The van der Waals surface area contributed by atoms with Crippen LogP contribution in [0.1, 0.15) is 37.7 Å². The molecule has 0 bridgehead atoms. The van der Waals surface area contributed by atoms with E-state index >= 15 is 0 Å². The van der Waals surface area contributed by atoms with Gasteiger partial charge >= 0.3 is 0 Å². The lowest BCUT2D eigenvalue weighted by Crippen LogP contribution is -2.30. The van der Waals surface area contributed by atoms with Crippen LogP contribution >= 0.6 is 11.6 Å². The molecule has 0 aliphatic heterocycles. The average molecular weight is 266 g/mol. The summed E-state index contributed by atoms with van der Waals surface area (Å²) in [5, 5.41) is 19.6. The van der Waals surface area contributed by atoms with E-state index in [0.717, 1.165) is 32.1 Å². The summed E-state index contributed by atoms with van der Waals surface area (Å²) < 4.78 is 5.79. The van der Waals surface area contributed by atoms with E-state index in [1.54, 1.807) is 18.2 Å². The predicted molar refractivity (Wildman–Crippen MR) is 69.7 cm³/mol. The van der Waals surface area contributed by atoms with Crippen molar-refractivity contribution >= 4 is 11.6 Å². The number of halogens is 1. The van der Waals surface area contributed by atoms with Crippen LogP contribution in [0.3, 0.4) is 0 Å². The molecule has 1 aromatic rings. The van der Waals surface area contributed by atoms with Gasteiger partial charge in [0.15, 0.2) is 0 Å². The summed E-state index contributed by atoms with van der Waals surface area (Å²) in [5.41, 5.74) is 0.454. The lowest BCUT2D eigenvalue weighted by Gasteiger charge is -2.22. The van der Waals surface area contributed by atoms with E-state index in [9.17, 15) is 5.11 Å². The first-order valence-corrected chi connectivity index (χ1v) is 6.63. The number of benzene rings is 1. The van der Waals surface area contributed by atoms with Gasteiger partial charge in [0.2, 0.25) is 0 Å². The van der Waals surface area contributed by atoms with Gasteiger partial charge in [0.05, 0.1) is 11.7 Å². The van der Waals surface area contributed by atoms with Crippen LogP contribution in [0.15, 0.2) is 18.2 Å². The van der Waals surface area contributed by atoms with Gasteiger partial charge in [0.1, 0.15) is 17.9 Å². The van der Waals surface area contributed by atoms with Gasteiger partial charge in [0, 0.05) is 11.1 Å². The Bertz CT molecular complexity index is 456. The molecule has 0 aromatic heterocycles. The molecule has 1 fully saturated rings. The van der Waals surface area contributed by atoms with Gasteiger partial charge in [-0.05, 0) is 31.4 Å². The van der Waals surface area contributed by atoms with Crippen molar-refractivity contribution in [3.8, 4) is 11.8 Å². The molecular formula is C14H16ClNO2. The predicted octanol–water partition coefficient (Wildman–Crippen LogP) is 3.28. The highest BCUT2D eigenvalue weighted by Gasteiger charge is 2.24. The maximum Gasteiger partial charge on any atom is 0.139 e. The molecule has 1 aliphatic rings. The van der Waals surface area contributed by atoms with Gasteiger partial charge in [-0.2, -0.15) is 5.26 Å². The van der Waals surface area contributed by atoms with Crippen molar-refractivity contribution < 1.29 is 9.84 Å². The molecular weight excluding hydrogens is 250 g/mol. The van der Waals surface area contributed by atoms with Crippen LogP contribution < -0.4 is 4.74 Å². The molecule has 1 N–H and O–H groups in total. The molecule has 1 aromatic carbocycles. The Morgan fingerprint density at radius 1 is 1.28 bits per heavy atom. The van der Waals surface area contributed by atoms with Crippen molar-refractivity contribution in [1.29, 1.82) is 5.26 Å². The fourth-order valence-electron chi connectivity index (χ4n) is 2.24. The first-order valence-electron chi connectivity index (χ1n) is 6.25. The van der Waals surface area contributed by atoms with Gasteiger partial charge in [-0.3, -0.25) is 0 Å². The Kier molecular flexibility index (Phi) is 4.46. The van der Waals surface area contributed by atoms with E-state index in [1.165, 1.54) is 0 Å². The van der Waals surface area contributed by atoms with E-state index in [1.807, 2.05) is 0 Å². The van der Waals surface area contributed by atoms with Crippen LogP contribution in [-0.4, -0.2) is 17.3 Å². The molecule has 96 valence electrons. The van der Waals surface area contributed by atoms with Gasteiger partial charge in [-0.1, -0.05) is 24.4 Å². The topological polar surface area (TPSA) is 53.2 Å². The standard InChI is InChI=1S/C14H16ClNO2/c15-11-7-6-10(9-16)14(8-11)18-13-5-3-1-2-4-12(13)17/h6-8,12-13,17H,1-5H2. The molecule has 0 amide bonds. The molecule has 0 radical (unpaired) electrons. The van der Waals surface area contributed by atoms with Crippen molar-refractivity contribution in [2.45, 2.75) is 44.3 Å². The fourth-order valence-corrected chi connectivity index (χ4v) is 2.40. The quantitative estimate of drug-likeness (QED) is 0.835. The van der Waals surface area contributed by atoms with Gasteiger partial charge < -0.3 is 9.84 Å². The van der Waals surface area contributed by atoms with Crippen molar-refractivity contribution in [2.24, 2.45) is 0 Å². The summed E-state index contributed by atoms with van der Waals surface area (Å²) in [6.07, 6.45) is 4.07. The number of rotatable bonds is 2. The minimum atomic E-state index is -0.460. The van der Waals surface area contributed by atoms with Gasteiger partial charge in [0.25, 0.3) is 0 Å². The van der Waals surface area contributed by atoms with Crippen LogP contribution in [0, 0.1) is 11.3 Å². The first-order chi connectivity index (χ1) is 8.70. The molecule has 4 heteroatoms. The van der Waals surface area contributed by atoms with Gasteiger partial charge in [-0.15, -0.1) is 0 Å². The zero-order valence-corrected chi connectivity index (χ0v) is 10.9. The van der Waals surface area contributed by atoms with Crippen molar-refractivity contribution in [3.05, 3.63) is 28.8 Å². The Labute approximate surface area is 112 Å². The van der Waals surface area contributed by atoms with E-state index < -0.39 is 6.10 Å². The molecule has 3 nitrogen and oxygen atoms in total. The third-order valence-electron chi connectivity index (χ3n) is 3.26. The summed E-state index contributed by atoms with van der Waals surface area (Å²) in [7, 11) is 0. The number of hydrogen-bond donors (Lipinski definition) is 1. The fraction of sp³-hybridized carbons (Fsp3) is 0.500. The zero-order chi connectivity index (χ0) is 13.0.